The van der Waals surface area contributed by atoms with Crippen LogP contribution in [0.15, 0.2) is 17.5 Å². The Bertz CT molecular complexity index is 325. The van der Waals surface area contributed by atoms with Gasteiger partial charge in [-0.1, -0.05) is 13.0 Å². The highest BCUT2D eigenvalue weighted by Gasteiger charge is 2.28. The Morgan fingerprint density at radius 2 is 2.35 bits per heavy atom. The molecule has 0 spiro atoms. The van der Waals surface area contributed by atoms with Gasteiger partial charge in [0, 0.05) is 37.1 Å². The van der Waals surface area contributed by atoms with Crippen LogP contribution in [0, 0.1) is 0 Å². The van der Waals surface area contributed by atoms with Crippen LogP contribution in [0.5, 0.6) is 0 Å². The lowest BCUT2D eigenvalue weighted by atomic mass is 10.1. The lowest BCUT2D eigenvalue weighted by molar-refractivity contribution is 0.0654. The SMILES string of the molecule is CCC1CN(C(CN)c2cccs2)CCN1C. The van der Waals surface area contributed by atoms with Crippen molar-refractivity contribution in [3.05, 3.63) is 22.4 Å². The first-order valence-corrected chi connectivity index (χ1v) is 7.32. The molecule has 2 rings (SSSR count). The van der Waals surface area contributed by atoms with Crippen molar-refractivity contribution in [1.82, 2.24) is 9.80 Å². The molecule has 0 bridgehead atoms. The molecule has 2 unspecified atom stereocenters. The van der Waals surface area contributed by atoms with Crippen molar-refractivity contribution in [1.29, 1.82) is 0 Å². The lowest BCUT2D eigenvalue weighted by Gasteiger charge is -2.42. The Hall–Kier alpha value is -0.420. The van der Waals surface area contributed by atoms with E-state index in [2.05, 4.69) is 41.3 Å². The van der Waals surface area contributed by atoms with Gasteiger partial charge in [-0.15, -0.1) is 11.3 Å². The molecule has 1 aromatic rings. The number of hydrogen-bond acceptors (Lipinski definition) is 4. The van der Waals surface area contributed by atoms with Crippen molar-refractivity contribution in [2.75, 3.05) is 33.2 Å². The minimum absolute atomic E-state index is 0.415. The van der Waals surface area contributed by atoms with E-state index in [0.717, 1.165) is 26.2 Å². The summed E-state index contributed by atoms with van der Waals surface area (Å²) in [6, 6.07) is 5.42. The first kappa shape index (κ1) is 13.0. The van der Waals surface area contributed by atoms with Gasteiger partial charge in [-0.2, -0.15) is 0 Å². The standard InChI is InChI=1S/C13H23N3S/c1-3-11-10-16(7-6-15(11)2)12(9-14)13-5-4-8-17-13/h4-5,8,11-12H,3,6-7,9-10,14H2,1-2H3. The Balaban J connectivity index is 2.06. The third-order valence-corrected chi connectivity index (χ3v) is 4.79. The molecule has 17 heavy (non-hydrogen) atoms. The van der Waals surface area contributed by atoms with Gasteiger partial charge in [0.15, 0.2) is 0 Å². The molecule has 2 heterocycles. The van der Waals surface area contributed by atoms with Crippen molar-refractivity contribution in [2.24, 2.45) is 5.73 Å². The second-order valence-electron chi connectivity index (χ2n) is 4.80. The number of likely N-dealkylation sites (N-methyl/N-ethyl adjacent to an activating group) is 1. The number of nitrogens with two attached hydrogens (primary N) is 1. The van der Waals surface area contributed by atoms with Crippen molar-refractivity contribution in [3.63, 3.8) is 0 Å². The molecular formula is C13H23N3S. The zero-order valence-electron chi connectivity index (χ0n) is 10.8. The molecule has 0 radical (unpaired) electrons. The minimum Gasteiger partial charge on any atom is -0.329 e. The third kappa shape index (κ3) is 2.88. The molecule has 2 atom stereocenters. The van der Waals surface area contributed by atoms with Crippen LogP contribution in [0.25, 0.3) is 0 Å². The van der Waals surface area contributed by atoms with Gasteiger partial charge in [0.05, 0.1) is 6.04 Å². The van der Waals surface area contributed by atoms with Gasteiger partial charge in [0.25, 0.3) is 0 Å². The first-order valence-electron chi connectivity index (χ1n) is 6.44. The molecule has 1 saturated heterocycles. The maximum atomic E-state index is 5.97. The van der Waals surface area contributed by atoms with Crippen LogP contribution in [0.3, 0.4) is 0 Å². The summed E-state index contributed by atoms with van der Waals surface area (Å²) < 4.78 is 0. The van der Waals surface area contributed by atoms with Crippen LogP contribution >= 0.6 is 11.3 Å². The van der Waals surface area contributed by atoms with E-state index >= 15 is 0 Å². The molecule has 4 heteroatoms. The fourth-order valence-electron chi connectivity index (χ4n) is 2.62. The molecule has 0 saturated carbocycles. The molecule has 1 aliphatic rings. The molecule has 1 aliphatic heterocycles. The van der Waals surface area contributed by atoms with Crippen molar-refractivity contribution < 1.29 is 0 Å². The van der Waals surface area contributed by atoms with E-state index in [1.807, 2.05) is 11.3 Å². The van der Waals surface area contributed by atoms with E-state index in [9.17, 15) is 0 Å². The van der Waals surface area contributed by atoms with E-state index in [1.165, 1.54) is 11.3 Å². The highest BCUT2D eigenvalue weighted by molar-refractivity contribution is 7.10. The Morgan fingerprint density at radius 1 is 1.53 bits per heavy atom. The highest BCUT2D eigenvalue weighted by atomic mass is 32.1. The lowest BCUT2D eigenvalue weighted by Crippen LogP contribution is -2.52. The van der Waals surface area contributed by atoms with Crippen LogP contribution in [0.4, 0.5) is 0 Å². The van der Waals surface area contributed by atoms with Gasteiger partial charge >= 0.3 is 0 Å². The van der Waals surface area contributed by atoms with Crippen LogP contribution < -0.4 is 5.73 Å². The zero-order valence-corrected chi connectivity index (χ0v) is 11.6. The molecule has 1 aromatic heterocycles. The summed E-state index contributed by atoms with van der Waals surface area (Å²) in [6.45, 7) is 6.42. The van der Waals surface area contributed by atoms with E-state index in [0.29, 0.717) is 12.1 Å². The number of hydrogen-bond donors (Lipinski definition) is 1. The van der Waals surface area contributed by atoms with Gasteiger partial charge in [-0.3, -0.25) is 4.90 Å². The minimum atomic E-state index is 0.415. The predicted octanol–water partition coefficient (Wildman–Crippen LogP) is 1.77. The number of nitrogens with zero attached hydrogens (tertiary/aromatic N) is 2. The number of rotatable bonds is 4. The largest absolute Gasteiger partial charge is 0.329 e. The molecule has 3 nitrogen and oxygen atoms in total. The van der Waals surface area contributed by atoms with Crippen LogP contribution in [0.1, 0.15) is 24.3 Å². The summed E-state index contributed by atoms with van der Waals surface area (Å²) >= 11 is 1.82. The van der Waals surface area contributed by atoms with Crippen molar-refractivity contribution in [3.8, 4) is 0 Å². The zero-order chi connectivity index (χ0) is 12.3. The van der Waals surface area contributed by atoms with Crippen LogP contribution in [-0.2, 0) is 0 Å². The highest BCUT2D eigenvalue weighted by Crippen LogP contribution is 2.26. The fraction of sp³-hybridized carbons (Fsp3) is 0.692. The molecular weight excluding hydrogens is 230 g/mol. The van der Waals surface area contributed by atoms with E-state index < -0.39 is 0 Å². The summed E-state index contributed by atoms with van der Waals surface area (Å²) in [5.74, 6) is 0. The van der Waals surface area contributed by atoms with E-state index in [4.69, 9.17) is 5.73 Å². The van der Waals surface area contributed by atoms with E-state index in [-0.39, 0.29) is 0 Å². The van der Waals surface area contributed by atoms with Gasteiger partial charge in [-0.05, 0) is 24.9 Å². The van der Waals surface area contributed by atoms with E-state index in [1.54, 1.807) is 0 Å². The predicted molar refractivity (Wildman–Crippen MR) is 74.4 cm³/mol. The maximum absolute atomic E-state index is 5.97. The monoisotopic (exact) mass is 253 g/mol. The van der Waals surface area contributed by atoms with Crippen molar-refractivity contribution in [2.45, 2.75) is 25.4 Å². The fourth-order valence-corrected chi connectivity index (χ4v) is 3.49. The molecule has 96 valence electrons. The summed E-state index contributed by atoms with van der Waals surface area (Å²) in [5.41, 5.74) is 5.97. The second kappa shape index (κ2) is 5.96. The van der Waals surface area contributed by atoms with Gasteiger partial charge < -0.3 is 10.6 Å². The normalized spacial score (nSPS) is 25.0. The first-order chi connectivity index (χ1) is 8.26. The summed E-state index contributed by atoms with van der Waals surface area (Å²) in [4.78, 5) is 6.44. The second-order valence-corrected chi connectivity index (χ2v) is 5.78. The molecule has 0 amide bonds. The van der Waals surface area contributed by atoms with Crippen molar-refractivity contribution >= 4 is 11.3 Å². The van der Waals surface area contributed by atoms with Gasteiger partial charge in [0.2, 0.25) is 0 Å². The average Bonchev–Trinajstić information content (AvgIpc) is 2.86. The molecule has 0 aromatic carbocycles. The number of piperazine rings is 1. The Morgan fingerprint density at radius 3 is 2.94 bits per heavy atom. The molecule has 0 aliphatic carbocycles. The Labute approximate surface area is 108 Å². The average molecular weight is 253 g/mol. The van der Waals surface area contributed by atoms with Gasteiger partial charge in [0.1, 0.15) is 0 Å². The summed E-state index contributed by atoms with van der Waals surface area (Å²) in [5, 5.41) is 2.14. The smallest absolute Gasteiger partial charge is 0.0565 e. The quantitative estimate of drug-likeness (QED) is 0.888. The Kier molecular flexibility index (Phi) is 4.56. The third-order valence-electron chi connectivity index (χ3n) is 3.82. The van der Waals surface area contributed by atoms with Crippen LogP contribution in [-0.4, -0.2) is 49.1 Å². The van der Waals surface area contributed by atoms with Crippen LogP contribution in [0.2, 0.25) is 0 Å². The number of thiophene rings is 1. The molecule has 2 N–H and O–H groups in total. The van der Waals surface area contributed by atoms with Gasteiger partial charge in [-0.25, -0.2) is 0 Å². The topological polar surface area (TPSA) is 32.5 Å². The summed E-state index contributed by atoms with van der Waals surface area (Å²) in [6.07, 6.45) is 1.22. The molecule has 1 fully saturated rings. The summed E-state index contributed by atoms with van der Waals surface area (Å²) in [7, 11) is 2.23. The maximum Gasteiger partial charge on any atom is 0.0565 e.